The summed E-state index contributed by atoms with van der Waals surface area (Å²) in [6, 6.07) is 10.1. The van der Waals surface area contributed by atoms with Crippen LogP contribution in [0.4, 0.5) is 0 Å². The van der Waals surface area contributed by atoms with Crippen LogP contribution in [0.15, 0.2) is 42.7 Å². The van der Waals surface area contributed by atoms with Gasteiger partial charge in [0, 0.05) is 31.0 Å². The number of fused-ring (bicyclic) bond motifs is 1. The normalized spacial score (nSPS) is 12.1. The highest BCUT2D eigenvalue weighted by Gasteiger charge is 2.16. The van der Waals surface area contributed by atoms with E-state index >= 15 is 0 Å². The van der Waals surface area contributed by atoms with Crippen LogP contribution in [0.3, 0.4) is 0 Å². The number of hydrogen-bond donors (Lipinski definition) is 1. The SMILES string of the molecule is CC(C)c1ccc(-c2cc3nccnc3c(OCCCN(CCO)S(C)(=O)=O)n2)cc1. The van der Waals surface area contributed by atoms with Gasteiger partial charge in [-0.05, 0) is 24.0 Å². The molecule has 8 nitrogen and oxygen atoms in total. The third-order valence-electron chi connectivity index (χ3n) is 4.91. The largest absolute Gasteiger partial charge is 0.476 e. The van der Waals surface area contributed by atoms with Crippen molar-refractivity contribution in [2.45, 2.75) is 26.2 Å². The predicted octanol–water partition coefficient (Wildman–Crippen LogP) is 2.84. The zero-order chi connectivity index (χ0) is 22.4. The minimum absolute atomic E-state index is 0.0628. The molecular weight excluding hydrogens is 416 g/mol. The van der Waals surface area contributed by atoms with E-state index in [2.05, 4.69) is 40.9 Å². The van der Waals surface area contributed by atoms with E-state index in [4.69, 9.17) is 9.84 Å². The van der Waals surface area contributed by atoms with Crippen LogP contribution in [0.1, 0.15) is 31.7 Å². The average Bonchev–Trinajstić information content (AvgIpc) is 2.75. The second-order valence-electron chi connectivity index (χ2n) is 7.60. The first-order valence-electron chi connectivity index (χ1n) is 10.2. The maximum atomic E-state index is 11.8. The molecule has 0 amide bonds. The standard InChI is InChI=1S/C22H28N4O4S/c1-16(2)17-5-7-18(8-6-17)19-15-20-21(24-10-9-23-20)22(25-19)30-14-4-11-26(12-13-27)31(3,28)29/h5-10,15-16,27H,4,11-14H2,1-3H3. The zero-order valence-electron chi connectivity index (χ0n) is 18.0. The molecule has 0 saturated heterocycles. The summed E-state index contributed by atoms with van der Waals surface area (Å²) in [4.78, 5) is 13.4. The van der Waals surface area contributed by atoms with Gasteiger partial charge >= 0.3 is 0 Å². The number of sulfonamides is 1. The van der Waals surface area contributed by atoms with Crippen LogP contribution in [0.5, 0.6) is 5.88 Å². The fourth-order valence-corrected chi connectivity index (χ4v) is 4.07. The molecule has 0 aliphatic carbocycles. The summed E-state index contributed by atoms with van der Waals surface area (Å²) in [7, 11) is -3.38. The fourth-order valence-electron chi connectivity index (χ4n) is 3.20. The lowest BCUT2D eigenvalue weighted by atomic mass is 10.0. The summed E-state index contributed by atoms with van der Waals surface area (Å²) >= 11 is 0. The number of aromatic nitrogens is 3. The topological polar surface area (TPSA) is 106 Å². The molecule has 3 aromatic rings. The van der Waals surface area contributed by atoms with Crippen molar-refractivity contribution in [1.82, 2.24) is 19.3 Å². The molecule has 0 aliphatic heterocycles. The fraction of sp³-hybridized carbons (Fsp3) is 0.409. The summed E-state index contributed by atoms with van der Waals surface area (Å²) in [6.45, 7) is 4.64. The number of benzene rings is 1. The van der Waals surface area contributed by atoms with Crippen LogP contribution in [0, 0.1) is 0 Å². The molecule has 0 saturated carbocycles. The molecule has 166 valence electrons. The maximum Gasteiger partial charge on any atom is 0.242 e. The van der Waals surface area contributed by atoms with Gasteiger partial charge in [-0.15, -0.1) is 0 Å². The molecule has 0 unspecified atom stereocenters. The lowest BCUT2D eigenvalue weighted by Crippen LogP contribution is -2.34. The van der Waals surface area contributed by atoms with Gasteiger partial charge in [-0.1, -0.05) is 38.1 Å². The Bertz CT molecular complexity index is 1120. The van der Waals surface area contributed by atoms with Gasteiger partial charge in [0.05, 0.1) is 30.7 Å². The number of ether oxygens (including phenoxy) is 1. The van der Waals surface area contributed by atoms with Crippen LogP contribution in [0.25, 0.3) is 22.3 Å². The van der Waals surface area contributed by atoms with Crippen LogP contribution >= 0.6 is 0 Å². The highest BCUT2D eigenvalue weighted by atomic mass is 32.2. The highest BCUT2D eigenvalue weighted by molar-refractivity contribution is 7.88. The molecule has 31 heavy (non-hydrogen) atoms. The first-order chi connectivity index (χ1) is 14.8. The minimum atomic E-state index is -3.38. The van der Waals surface area contributed by atoms with Crippen molar-refractivity contribution in [3.63, 3.8) is 0 Å². The lowest BCUT2D eigenvalue weighted by Gasteiger charge is -2.18. The zero-order valence-corrected chi connectivity index (χ0v) is 18.8. The minimum Gasteiger partial charge on any atom is -0.476 e. The van der Waals surface area contributed by atoms with Gasteiger partial charge in [-0.3, -0.25) is 4.98 Å². The second kappa shape index (κ2) is 10.1. The first-order valence-corrected chi connectivity index (χ1v) is 12.1. The molecule has 0 spiro atoms. The molecule has 1 N–H and O–H groups in total. The number of rotatable bonds is 10. The van der Waals surface area contributed by atoms with E-state index in [0.717, 1.165) is 17.5 Å². The summed E-state index contributed by atoms with van der Waals surface area (Å²) in [6.07, 6.45) is 4.78. The summed E-state index contributed by atoms with van der Waals surface area (Å²) < 4.78 is 30.7. The van der Waals surface area contributed by atoms with Gasteiger partial charge < -0.3 is 9.84 Å². The molecule has 2 heterocycles. The monoisotopic (exact) mass is 444 g/mol. The molecule has 0 radical (unpaired) electrons. The van der Waals surface area contributed by atoms with E-state index < -0.39 is 10.0 Å². The van der Waals surface area contributed by atoms with Gasteiger partial charge in [0.25, 0.3) is 0 Å². The Morgan fingerprint density at radius 3 is 2.45 bits per heavy atom. The van der Waals surface area contributed by atoms with Gasteiger partial charge in [0.2, 0.25) is 15.9 Å². The molecule has 3 rings (SSSR count). The predicted molar refractivity (Wildman–Crippen MR) is 120 cm³/mol. The Balaban J connectivity index is 1.79. The number of aliphatic hydroxyl groups is 1. The maximum absolute atomic E-state index is 11.8. The molecule has 9 heteroatoms. The van der Waals surface area contributed by atoms with Crippen molar-refractivity contribution in [3.8, 4) is 17.1 Å². The van der Waals surface area contributed by atoms with E-state index in [-0.39, 0.29) is 26.3 Å². The molecule has 0 bridgehead atoms. The molecule has 2 aromatic heterocycles. The van der Waals surface area contributed by atoms with E-state index in [1.807, 2.05) is 18.2 Å². The van der Waals surface area contributed by atoms with Crippen LogP contribution in [-0.2, 0) is 10.0 Å². The van der Waals surface area contributed by atoms with Gasteiger partial charge in [0.15, 0.2) is 5.52 Å². The van der Waals surface area contributed by atoms with Crippen LogP contribution in [0.2, 0.25) is 0 Å². The molecule has 0 atom stereocenters. The Hall–Kier alpha value is -2.62. The molecule has 1 aromatic carbocycles. The summed E-state index contributed by atoms with van der Waals surface area (Å²) in [5, 5.41) is 9.08. The van der Waals surface area contributed by atoms with Crippen LogP contribution < -0.4 is 4.74 Å². The highest BCUT2D eigenvalue weighted by Crippen LogP contribution is 2.28. The number of pyridine rings is 1. The Kier molecular flexibility index (Phi) is 7.53. The number of hydrogen-bond acceptors (Lipinski definition) is 7. The number of aliphatic hydroxyl groups excluding tert-OH is 1. The quantitative estimate of drug-likeness (QED) is 0.479. The summed E-state index contributed by atoms with van der Waals surface area (Å²) in [5.74, 6) is 0.808. The first kappa shape index (κ1) is 23.1. The average molecular weight is 445 g/mol. The van der Waals surface area contributed by atoms with E-state index in [9.17, 15) is 8.42 Å². The lowest BCUT2D eigenvalue weighted by molar-refractivity contribution is 0.239. The van der Waals surface area contributed by atoms with Crippen molar-refractivity contribution >= 4 is 21.1 Å². The van der Waals surface area contributed by atoms with Crippen molar-refractivity contribution in [2.24, 2.45) is 0 Å². The van der Waals surface area contributed by atoms with Crippen molar-refractivity contribution in [1.29, 1.82) is 0 Å². The third-order valence-corrected chi connectivity index (χ3v) is 6.21. The summed E-state index contributed by atoms with van der Waals surface area (Å²) in [5.41, 5.74) is 4.16. The smallest absolute Gasteiger partial charge is 0.242 e. The van der Waals surface area contributed by atoms with E-state index in [1.54, 1.807) is 12.4 Å². The molecule has 0 fully saturated rings. The van der Waals surface area contributed by atoms with Gasteiger partial charge in [0.1, 0.15) is 0 Å². The van der Waals surface area contributed by atoms with Crippen molar-refractivity contribution in [3.05, 3.63) is 48.3 Å². The van der Waals surface area contributed by atoms with Crippen LogP contribution in [-0.4, -0.2) is 65.3 Å². The number of nitrogens with zero attached hydrogens (tertiary/aromatic N) is 4. The second-order valence-corrected chi connectivity index (χ2v) is 9.58. The van der Waals surface area contributed by atoms with Gasteiger partial charge in [-0.2, -0.15) is 4.31 Å². The van der Waals surface area contributed by atoms with Crippen molar-refractivity contribution in [2.75, 3.05) is 32.6 Å². The van der Waals surface area contributed by atoms with Gasteiger partial charge in [-0.25, -0.2) is 18.4 Å². The van der Waals surface area contributed by atoms with E-state index in [1.165, 1.54) is 9.87 Å². The van der Waals surface area contributed by atoms with Crippen molar-refractivity contribution < 1.29 is 18.3 Å². The Labute approximate surface area is 183 Å². The molecular formula is C22H28N4O4S. The Morgan fingerprint density at radius 2 is 1.81 bits per heavy atom. The van der Waals surface area contributed by atoms with E-state index in [0.29, 0.717) is 29.3 Å². The third kappa shape index (κ3) is 5.96. The molecule has 0 aliphatic rings. The Morgan fingerprint density at radius 1 is 1.10 bits per heavy atom.